The molecular weight excluding hydrogens is 750 g/mol. The first-order chi connectivity index (χ1) is 27.2. The molecule has 9 nitrogen and oxygen atoms in total. The van der Waals surface area contributed by atoms with Crippen LogP contribution in [0.4, 0.5) is 0 Å². The van der Waals surface area contributed by atoms with Crippen LogP contribution in [0, 0.1) is 17.8 Å². The Balaban J connectivity index is 0.000000231. The maximum absolute atomic E-state index is 11.2. The van der Waals surface area contributed by atoms with Gasteiger partial charge in [0.05, 0.1) is 38.1 Å². The molecule has 2 unspecified atom stereocenters. The van der Waals surface area contributed by atoms with Crippen LogP contribution in [0.5, 0.6) is 17.2 Å². The van der Waals surface area contributed by atoms with Crippen molar-refractivity contribution in [1.82, 2.24) is 14.7 Å². The van der Waals surface area contributed by atoms with Crippen LogP contribution < -0.4 is 14.2 Å². The van der Waals surface area contributed by atoms with Crippen LogP contribution >= 0.6 is 12.4 Å². The maximum atomic E-state index is 11.2. The van der Waals surface area contributed by atoms with Gasteiger partial charge in [0.1, 0.15) is 17.2 Å². The molecule has 6 rings (SSSR count). The largest absolute Gasteiger partial charge is 0.497 e. The molecule has 0 aromatic heterocycles. The van der Waals surface area contributed by atoms with Crippen LogP contribution in [0.25, 0.3) is 0 Å². The fourth-order valence-electron chi connectivity index (χ4n) is 9.55. The number of rotatable bonds is 12. The molecule has 58 heavy (non-hydrogen) atoms. The second kappa shape index (κ2) is 23.2. The van der Waals surface area contributed by atoms with E-state index in [1.807, 2.05) is 72.8 Å². The fraction of sp³-hybridized carbons (Fsp3) is 0.625. The highest BCUT2D eigenvalue weighted by Gasteiger charge is 2.42. The molecule has 3 fully saturated rings. The van der Waals surface area contributed by atoms with Crippen LogP contribution in [0.2, 0.25) is 0 Å². The van der Waals surface area contributed by atoms with Crippen molar-refractivity contribution >= 4 is 12.4 Å². The summed E-state index contributed by atoms with van der Waals surface area (Å²) in [6.45, 7) is 2.77. The van der Waals surface area contributed by atoms with Gasteiger partial charge in [0.25, 0.3) is 0 Å². The minimum atomic E-state index is -0.711. The molecular formula is C48H76ClN3O6. The van der Waals surface area contributed by atoms with Crippen LogP contribution in [0.1, 0.15) is 93.7 Å². The second-order valence-corrected chi connectivity index (χ2v) is 17.6. The Morgan fingerprint density at radius 2 is 0.724 bits per heavy atom. The molecule has 0 heterocycles. The van der Waals surface area contributed by atoms with E-state index in [9.17, 15) is 15.3 Å². The van der Waals surface area contributed by atoms with Crippen molar-refractivity contribution in [2.45, 2.75) is 93.9 Å². The van der Waals surface area contributed by atoms with Crippen molar-refractivity contribution in [2.24, 2.45) is 17.8 Å². The number of hydrogen-bond acceptors (Lipinski definition) is 9. The van der Waals surface area contributed by atoms with Crippen molar-refractivity contribution < 1.29 is 29.5 Å². The van der Waals surface area contributed by atoms with Crippen molar-refractivity contribution in [2.75, 3.05) is 83.2 Å². The third-order valence-electron chi connectivity index (χ3n) is 12.6. The van der Waals surface area contributed by atoms with Crippen LogP contribution in [0.3, 0.4) is 0 Å². The van der Waals surface area contributed by atoms with Crippen LogP contribution in [-0.2, 0) is 16.8 Å². The Kier molecular flexibility index (Phi) is 19.8. The van der Waals surface area contributed by atoms with Gasteiger partial charge in [-0.1, -0.05) is 74.9 Å². The van der Waals surface area contributed by atoms with Crippen molar-refractivity contribution in [1.29, 1.82) is 0 Å². The summed E-state index contributed by atoms with van der Waals surface area (Å²) < 4.78 is 15.9. The lowest BCUT2D eigenvalue weighted by Gasteiger charge is -2.41. The topological polar surface area (TPSA) is 98.1 Å². The smallest absolute Gasteiger partial charge is 0.119 e. The van der Waals surface area contributed by atoms with Gasteiger partial charge in [0.2, 0.25) is 0 Å². The van der Waals surface area contributed by atoms with E-state index in [-0.39, 0.29) is 12.4 Å². The molecule has 3 aliphatic carbocycles. The van der Waals surface area contributed by atoms with Crippen LogP contribution in [-0.4, -0.2) is 113 Å². The van der Waals surface area contributed by atoms with Gasteiger partial charge in [-0.25, -0.2) is 0 Å². The van der Waals surface area contributed by atoms with Gasteiger partial charge < -0.3 is 44.2 Å². The van der Waals surface area contributed by atoms with Crippen molar-refractivity contribution in [3.8, 4) is 17.2 Å². The van der Waals surface area contributed by atoms with Gasteiger partial charge in [0.15, 0.2) is 0 Å². The van der Waals surface area contributed by atoms with Gasteiger partial charge >= 0.3 is 0 Å². The number of halogens is 1. The minimum Gasteiger partial charge on any atom is -0.497 e. The van der Waals surface area contributed by atoms with E-state index in [2.05, 4.69) is 57.0 Å². The van der Waals surface area contributed by atoms with E-state index in [1.165, 1.54) is 19.3 Å². The lowest BCUT2D eigenvalue weighted by atomic mass is 9.71. The second-order valence-electron chi connectivity index (χ2n) is 17.6. The molecule has 0 aliphatic heterocycles. The van der Waals surface area contributed by atoms with E-state index in [0.29, 0.717) is 17.8 Å². The zero-order valence-corrected chi connectivity index (χ0v) is 37.9. The first-order valence-corrected chi connectivity index (χ1v) is 21.2. The Labute approximate surface area is 357 Å². The summed E-state index contributed by atoms with van der Waals surface area (Å²) in [4.78, 5) is 6.50. The third kappa shape index (κ3) is 13.1. The molecule has 326 valence electrons. The summed E-state index contributed by atoms with van der Waals surface area (Å²) in [5, 5.41) is 33.6. The molecule has 3 saturated carbocycles. The van der Waals surface area contributed by atoms with Gasteiger partial charge in [0, 0.05) is 37.4 Å². The number of benzene rings is 3. The third-order valence-corrected chi connectivity index (χ3v) is 12.6. The van der Waals surface area contributed by atoms with E-state index in [1.54, 1.807) is 21.3 Å². The molecule has 0 spiro atoms. The first-order valence-electron chi connectivity index (χ1n) is 21.2. The minimum absolute atomic E-state index is 0. The summed E-state index contributed by atoms with van der Waals surface area (Å²) in [5.41, 5.74) is 0.862. The molecule has 3 aromatic carbocycles. The first kappa shape index (κ1) is 49.5. The predicted molar refractivity (Wildman–Crippen MR) is 239 cm³/mol. The Bertz CT molecular complexity index is 1450. The predicted octanol–water partition coefficient (Wildman–Crippen LogP) is 8.33. The molecule has 3 aliphatic rings. The average molecular weight is 827 g/mol. The maximum Gasteiger partial charge on any atom is 0.119 e. The van der Waals surface area contributed by atoms with Gasteiger partial charge in [-0.15, -0.1) is 12.4 Å². The standard InChI is InChI=1S/3C16H25NO2.ClH/c3*1-17(2)12-14-7-4-5-10-16(14,18)13-8-6-9-15(11-13)19-3;/h3*6,8-9,11,14,18H,4-5,7,10,12H2,1-3H3;1H/t2*14-,16+;;/m11../s1. The van der Waals surface area contributed by atoms with E-state index < -0.39 is 16.8 Å². The molecule has 3 N–H and O–H groups in total. The normalized spacial score (nSPS) is 27.1. The molecule has 3 aromatic rings. The number of methoxy groups -OCH3 is 3. The quantitative estimate of drug-likeness (QED) is 0.167. The zero-order chi connectivity index (χ0) is 41.6. The Morgan fingerprint density at radius 3 is 0.948 bits per heavy atom. The molecule has 0 amide bonds. The highest BCUT2D eigenvalue weighted by Crippen LogP contribution is 2.45. The Morgan fingerprint density at radius 1 is 0.466 bits per heavy atom. The summed E-state index contributed by atoms with van der Waals surface area (Å²) in [6.07, 6.45) is 12.7. The van der Waals surface area contributed by atoms with E-state index >= 15 is 0 Å². The van der Waals surface area contributed by atoms with Crippen molar-refractivity contribution in [3.63, 3.8) is 0 Å². The van der Waals surface area contributed by atoms with Crippen LogP contribution in [0.15, 0.2) is 72.8 Å². The molecule has 0 bridgehead atoms. The number of ether oxygens (including phenoxy) is 3. The highest BCUT2D eigenvalue weighted by atomic mass is 35.5. The van der Waals surface area contributed by atoms with Gasteiger partial charge in [-0.2, -0.15) is 0 Å². The van der Waals surface area contributed by atoms with E-state index in [4.69, 9.17) is 14.2 Å². The molecule has 10 heteroatoms. The molecule has 6 atom stereocenters. The van der Waals surface area contributed by atoms with Gasteiger partial charge in [-0.05, 0) is 134 Å². The van der Waals surface area contributed by atoms with E-state index in [0.717, 1.165) is 111 Å². The highest BCUT2D eigenvalue weighted by molar-refractivity contribution is 5.85. The number of hydrogen-bond donors (Lipinski definition) is 3. The van der Waals surface area contributed by atoms with Crippen molar-refractivity contribution in [3.05, 3.63) is 89.5 Å². The monoisotopic (exact) mass is 826 g/mol. The number of aliphatic hydroxyl groups is 3. The number of nitrogens with zero attached hydrogens (tertiary/aromatic N) is 3. The SMILES string of the molecule is COc1cccc(C2(O)CCCCC2CN(C)C)c1.COc1cccc([C@@]2(O)CCCC[C@@H]2CN(C)C)c1.COc1cccc([C@@]2(O)CCCC[C@@H]2CN(C)C)c1.Cl. The zero-order valence-electron chi connectivity index (χ0n) is 37.1. The Hall–Kier alpha value is -2.89. The fourth-order valence-corrected chi connectivity index (χ4v) is 9.55. The summed E-state index contributed by atoms with van der Waals surface area (Å²) in [6, 6.07) is 23.7. The lowest BCUT2D eigenvalue weighted by Crippen LogP contribution is -2.43. The molecule has 0 saturated heterocycles. The van der Waals surface area contributed by atoms with Gasteiger partial charge in [-0.3, -0.25) is 0 Å². The summed E-state index contributed by atoms with van der Waals surface area (Å²) >= 11 is 0. The summed E-state index contributed by atoms with van der Waals surface area (Å²) in [5.74, 6) is 3.34. The lowest BCUT2D eigenvalue weighted by molar-refractivity contribution is -0.0621. The molecule has 0 radical (unpaired) electrons. The summed E-state index contributed by atoms with van der Waals surface area (Å²) in [7, 11) is 17.4. The average Bonchev–Trinajstić information content (AvgIpc) is 3.20.